The maximum atomic E-state index is 11.5. The minimum absolute atomic E-state index is 0.0441. The summed E-state index contributed by atoms with van der Waals surface area (Å²) in [5.74, 6) is -1.35. The predicted octanol–water partition coefficient (Wildman–Crippen LogP) is 2.51. The summed E-state index contributed by atoms with van der Waals surface area (Å²) in [7, 11) is 0. The number of hydrogen-bond donors (Lipinski definition) is 2. The summed E-state index contributed by atoms with van der Waals surface area (Å²) in [6.07, 6.45) is 0.839. The molecule has 5 nitrogen and oxygen atoms in total. The first-order valence-corrected chi connectivity index (χ1v) is 6.24. The largest absolute Gasteiger partial charge is 0.478 e. The van der Waals surface area contributed by atoms with Crippen molar-refractivity contribution < 1.29 is 19.4 Å². The Balaban J connectivity index is 2.68. The molecule has 0 atom stereocenters. The van der Waals surface area contributed by atoms with E-state index >= 15 is 0 Å². The van der Waals surface area contributed by atoms with E-state index in [0.29, 0.717) is 16.8 Å². The molecule has 2 N–H and O–H groups in total. The molecule has 0 aromatic heterocycles. The van der Waals surface area contributed by atoms with Crippen LogP contribution in [0.5, 0.6) is 0 Å². The summed E-state index contributed by atoms with van der Waals surface area (Å²) in [5, 5.41) is 11.4. The highest BCUT2D eigenvalue weighted by atomic mass is 79.9. The normalized spacial score (nSPS) is 10.1. The lowest BCUT2D eigenvalue weighted by atomic mass is 10.2. The van der Waals surface area contributed by atoms with Crippen molar-refractivity contribution in [2.45, 2.75) is 13.3 Å². The lowest BCUT2D eigenvalue weighted by Crippen LogP contribution is -2.19. The lowest BCUT2D eigenvalue weighted by molar-refractivity contribution is -0.120. The summed E-state index contributed by atoms with van der Waals surface area (Å²) >= 11 is 3.24. The molecule has 0 spiro atoms. The Hall–Kier alpha value is -1.40. The quantitative estimate of drug-likeness (QED) is 0.791. The number of anilines is 1. The van der Waals surface area contributed by atoms with Crippen LogP contribution < -0.4 is 5.32 Å². The second kappa shape index (κ2) is 7.13. The molecule has 0 aliphatic heterocycles. The fraction of sp³-hybridized carbons (Fsp3) is 0.333. The van der Waals surface area contributed by atoms with Crippen LogP contribution in [0.4, 0.5) is 5.69 Å². The van der Waals surface area contributed by atoms with Gasteiger partial charge in [-0.2, -0.15) is 0 Å². The van der Waals surface area contributed by atoms with Gasteiger partial charge in [-0.15, -0.1) is 0 Å². The molecule has 1 aromatic carbocycles. The van der Waals surface area contributed by atoms with Gasteiger partial charge in [0.2, 0.25) is 5.91 Å². The molecule has 1 amide bonds. The molecule has 0 radical (unpaired) electrons. The first kappa shape index (κ1) is 14.7. The predicted molar refractivity (Wildman–Crippen MR) is 70.8 cm³/mol. The number of aromatic carboxylic acids is 1. The third-order valence-corrected chi connectivity index (χ3v) is 2.76. The van der Waals surface area contributed by atoms with E-state index in [2.05, 4.69) is 21.2 Å². The molecule has 0 heterocycles. The molecular formula is C12H14BrNO4. The Labute approximate surface area is 113 Å². The van der Waals surface area contributed by atoms with Gasteiger partial charge in [0, 0.05) is 11.1 Å². The average Bonchev–Trinajstić information content (AvgIpc) is 2.32. The molecule has 0 fully saturated rings. The van der Waals surface area contributed by atoms with Crippen LogP contribution in [-0.2, 0) is 9.53 Å². The van der Waals surface area contributed by atoms with Gasteiger partial charge >= 0.3 is 5.97 Å². The number of carbonyl (C=O) groups excluding carboxylic acids is 1. The van der Waals surface area contributed by atoms with Crippen LogP contribution in [0.25, 0.3) is 0 Å². The minimum Gasteiger partial charge on any atom is -0.478 e. The zero-order valence-corrected chi connectivity index (χ0v) is 11.5. The zero-order valence-electron chi connectivity index (χ0n) is 9.90. The lowest BCUT2D eigenvalue weighted by Gasteiger charge is -2.08. The van der Waals surface area contributed by atoms with E-state index in [1.807, 2.05) is 6.92 Å². The number of carbonyl (C=O) groups is 2. The Morgan fingerprint density at radius 2 is 2.17 bits per heavy atom. The molecule has 98 valence electrons. The van der Waals surface area contributed by atoms with Crippen molar-refractivity contribution >= 4 is 33.5 Å². The van der Waals surface area contributed by atoms with Crippen LogP contribution in [-0.4, -0.2) is 30.2 Å². The molecule has 0 unspecified atom stereocenters. The van der Waals surface area contributed by atoms with Crippen LogP contribution >= 0.6 is 15.9 Å². The number of rotatable bonds is 6. The highest BCUT2D eigenvalue weighted by molar-refractivity contribution is 9.10. The van der Waals surface area contributed by atoms with Gasteiger partial charge < -0.3 is 15.2 Å². The minimum atomic E-state index is -1.04. The Morgan fingerprint density at radius 3 is 2.78 bits per heavy atom. The van der Waals surface area contributed by atoms with E-state index in [4.69, 9.17) is 9.84 Å². The van der Waals surface area contributed by atoms with E-state index in [0.717, 1.165) is 6.42 Å². The summed E-state index contributed by atoms with van der Waals surface area (Å²) < 4.78 is 5.71. The summed E-state index contributed by atoms with van der Waals surface area (Å²) in [6.45, 7) is 2.42. The van der Waals surface area contributed by atoms with E-state index in [1.165, 1.54) is 12.1 Å². The molecule has 1 rings (SSSR count). The molecular weight excluding hydrogens is 302 g/mol. The molecule has 0 aliphatic carbocycles. The van der Waals surface area contributed by atoms with Crippen molar-refractivity contribution in [2.75, 3.05) is 18.5 Å². The number of ether oxygens (including phenoxy) is 1. The molecule has 0 bridgehead atoms. The van der Waals surface area contributed by atoms with E-state index in [-0.39, 0.29) is 18.1 Å². The maximum absolute atomic E-state index is 11.5. The summed E-state index contributed by atoms with van der Waals surface area (Å²) in [4.78, 5) is 22.3. The van der Waals surface area contributed by atoms with Gasteiger partial charge in [0.05, 0.1) is 11.3 Å². The summed E-state index contributed by atoms with van der Waals surface area (Å²) in [5.41, 5.74) is 0.531. The van der Waals surface area contributed by atoms with Crippen LogP contribution in [0.2, 0.25) is 0 Å². The first-order chi connectivity index (χ1) is 8.54. The van der Waals surface area contributed by atoms with Crippen molar-refractivity contribution in [1.82, 2.24) is 0 Å². The Kier molecular flexibility index (Phi) is 5.80. The number of amides is 1. The number of halogens is 1. The number of benzene rings is 1. The molecule has 6 heteroatoms. The number of nitrogens with one attached hydrogen (secondary N) is 1. The SMILES string of the molecule is CCCOCC(=O)Nc1cc(C(=O)O)ccc1Br. The van der Waals surface area contributed by atoms with Crippen LogP contribution in [0, 0.1) is 0 Å². The van der Waals surface area contributed by atoms with Crippen LogP contribution in [0.15, 0.2) is 22.7 Å². The third kappa shape index (κ3) is 4.46. The maximum Gasteiger partial charge on any atom is 0.335 e. The molecule has 0 saturated carbocycles. The zero-order chi connectivity index (χ0) is 13.5. The highest BCUT2D eigenvalue weighted by Gasteiger charge is 2.09. The Bertz CT molecular complexity index is 448. The second-order valence-corrected chi connectivity index (χ2v) is 4.45. The molecule has 0 saturated heterocycles. The fourth-order valence-corrected chi connectivity index (χ4v) is 1.60. The Morgan fingerprint density at radius 1 is 1.44 bits per heavy atom. The van der Waals surface area contributed by atoms with Gasteiger partial charge in [-0.3, -0.25) is 4.79 Å². The van der Waals surface area contributed by atoms with Crippen molar-refractivity contribution in [3.63, 3.8) is 0 Å². The van der Waals surface area contributed by atoms with Gasteiger partial charge in [0.15, 0.2) is 0 Å². The number of carboxylic acid groups (broad SMARTS) is 1. The average molecular weight is 316 g/mol. The highest BCUT2D eigenvalue weighted by Crippen LogP contribution is 2.23. The number of carboxylic acids is 1. The van der Waals surface area contributed by atoms with Crippen molar-refractivity contribution in [2.24, 2.45) is 0 Å². The molecule has 18 heavy (non-hydrogen) atoms. The summed E-state index contributed by atoms with van der Waals surface area (Å²) in [6, 6.07) is 4.42. The van der Waals surface area contributed by atoms with Crippen molar-refractivity contribution in [1.29, 1.82) is 0 Å². The van der Waals surface area contributed by atoms with Gasteiger partial charge in [-0.05, 0) is 40.5 Å². The molecule has 0 aliphatic rings. The monoisotopic (exact) mass is 315 g/mol. The van der Waals surface area contributed by atoms with Gasteiger partial charge in [-0.1, -0.05) is 6.92 Å². The van der Waals surface area contributed by atoms with Crippen molar-refractivity contribution in [3.8, 4) is 0 Å². The third-order valence-electron chi connectivity index (χ3n) is 2.07. The smallest absolute Gasteiger partial charge is 0.335 e. The topological polar surface area (TPSA) is 75.6 Å². The molecule has 1 aromatic rings. The van der Waals surface area contributed by atoms with Crippen LogP contribution in [0.1, 0.15) is 23.7 Å². The van der Waals surface area contributed by atoms with Crippen LogP contribution in [0.3, 0.4) is 0 Å². The van der Waals surface area contributed by atoms with E-state index < -0.39 is 5.97 Å². The van der Waals surface area contributed by atoms with E-state index in [1.54, 1.807) is 6.07 Å². The first-order valence-electron chi connectivity index (χ1n) is 5.45. The van der Waals surface area contributed by atoms with Crippen molar-refractivity contribution in [3.05, 3.63) is 28.2 Å². The van der Waals surface area contributed by atoms with E-state index in [9.17, 15) is 9.59 Å². The van der Waals surface area contributed by atoms with Gasteiger partial charge in [0.1, 0.15) is 6.61 Å². The standard InChI is InChI=1S/C12H14BrNO4/c1-2-5-18-7-11(15)14-10-6-8(12(16)17)3-4-9(10)13/h3-4,6H,2,5,7H2,1H3,(H,14,15)(H,16,17). The van der Waals surface area contributed by atoms with Gasteiger partial charge in [0.25, 0.3) is 0 Å². The number of hydrogen-bond acceptors (Lipinski definition) is 3. The van der Waals surface area contributed by atoms with Gasteiger partial charge in [-0.25, -0.2) is 4.79 Å². The second-order valence-electron chi connectivity index (χ2n) is 3.60. The fourth-order valence-electron chi connectivity index (χ4n) is 1.25.